The largest absolute Gasteiger partial charge is 0.449 e. The topological polar surface area (TPSA) is 76.4 Å². The number of hydrogen-bond donors (Lipinski definition) is 3. The number of carbonyl (C=O) groups is 1. The van der Waals surface area contributed by atoms with Crippen LogP contribution in [0.5, 0.6) is 5.75 Å². The van der Waals surface area contributed by atoms with Crippen molar-refractivity contribution in [1.29, 1.82) is 0 Å². The minimum Gasteiger partial charge on any atom is -0.449 e. The average Bonchev–Trinajstić information content (AvgIpc) is 2.40. The Bertz CT molecular complexity index is 529. The maximum absolute atomic E-state index is 12.0. The van der Waals surface area contributed by atoms with E-state index in [9.17, 15) is 4.79 Å². The van der Waals surface area contributed by atoms with Crippen LogP contribution in [0.15, 0.2) is 29.5 Å². The zero-order chi connectivity index (χ0) is 12.5. The first-order chi connectivity index (χ1) is 8.75. The summed E-state index contributed by atoms with van der Waals surface area (Å²) in [7, 11) is 0. The summed E-state index contributed by atoms with van der Waals surface area (Å²) in [6, 6.07) is 5.37. The molecule has 0 aliphatic carbocycles. The molecule has 18 heavy (non-hydrogen) atoms. The molecule has 3 rings (SSSR count). The van der Waals surface area contributed by atoms with Crippen LogP contribution in [-0.4, -0.2) is 19.0 Å². The maximum atomic E-state index is 12.0. The lowest BCUT2D eigenvalue weighted by Gasteiger charge is -2.25. The third kappa shape index (κ3) is 1.82. The van der Waals surface area contributed by atoms with Crippen molar-refractivity contribution in [1.82, 2.24) is 5.32 Å². The lowest BCUT2D eigenvalue weighted by Crippen LogP contribution is -2.30. The highest BCUT2D eigenvalue weighted by molar-refractivity contribution is 6.08. The molecule has 1 fully saturated rings. The molecule has 1 amide bonds. The van der Waals surface area contributed by atoms with Crippen LogP contribution in [0.2, 0.25) is 0 Å². The molecule has 0 spiro atoms. The van der Waals surface area contributed by atoms with Crippen molar-refractivity contribution in [2.45, 2.75) is 12.8 Å². The van der Waals surface area contributed by atoms with Gasteiger partial charge in [0.1, 0.15) is 5.69 Å². The van der Waals surface area contributed by atoms with E-state index in [0.29, 0.717) is 22.9 Å². The molecule has 0 saturated carbocycles. The SMILES string of the molecule is Nc1cccc2c1NC(=O)C(=C1CCNCC1)O2. The fourth-order valence-electron chi connectivity index (χ4n) is 2.28. The molecule has 1 saturated heterocycles. The Morgan fingerprint density at radius 1 is 1.22 bits per heavy atom. The predicted octanol–water partition coefficient (Wildman–Crippen LogP) is 1.24. The number of para-hydroxylation sites is 1. The van der Waals surface area contributed by atoms with Crippen molar-refractivity contribution in [3.8, 4) is 5.75 Å². The van der Waals surface area contributed by atoms with Crippen LogP contribution in [0.1, 0.15) is 12.8 Å². The van der Waals surface area contributed by atoms with Gasteiger partial charge in [0.05, 0.1) is 5.69 Å². The van der Waals surface area contributed by atoms with Crippen molar-refractivity contribution in [2.24, 2.45) is 0 Å². The van der Waals surface area contributed by atoms with Crippen LogP contribution in [0.25, 0.3) is 0 Å². The Balaban J connectivity index is 1.99. The van der Waals surface area contributed by atoms with Gasteiger partial charge in [0, 0.05) is 0 Å². The second-order valence-corrected chi connectivity index (χ2v) is 4.46. The van der Waals surface area contributed by atoms with Crippen LogP contribution in [0, 0.1) is 0 Å². The molecular formula is C13H15N3O2. The number of ether oxygens (including phenoxy) is 1. The Labute approximate surface area is 105 Å². The molecule has 1 aromatic carbocycles. The fraction of sp³-hybridized carbons (Fsp3) is 0.308. The summed E-state index contributed by atoms with van der Waals surface area (Å²) in [4.78, 5) is 12.0. The van der Waals surface area contributed by atoms with Crippen molar-refractivity contribution < 1.29 is 9.53 Å². The summed E-state index contributed by atoms with van der Waals surface area (Å²) >= 11 is 0. The van der Waals surface area contributed by atoms with Gasteiger partial charge in [0.15, 0.2) is 11.5 Å². The van der Waals surface area contributed by atoms with Crippen molar-refractivity contribution in [3.63, 3.8) is 0 Å². The number of nitrogens with one attached hydrogen (secondary N) is 2. The van der Waals surface area contributed by atoms with Crippen LogP contribution < -0.4 is 21.1 Å². The molecule has 1 aromatic rings. The van der Waals surface area contributed by atoms with Crippen molar-refractivity contribution in [3.05, 3.63) is 29.5 Å². The van der Waals surface area contributed by atoms with Crippen molar-refractivity contribution >= 4 is 17.3 Å². The zero-order valence-electron chi connectivity index (χ0n) is 9.95. The number of carbonyl (C=O) groups excluding carboxylic acids is 1. The normalized spacial score (nSPS) is 19.0. The van der Waals surface area contributed by atoms with E-state index < -0.39 is 0 Å². The van der Waals surface area contributed by atoms with E-state index in [1.54, 1.807) is 6.07 Å². The smallest absolute Gasteiger partial charge is 0.291 e. The van der Waals surface area contributed by atoms with Gasteiger partial charge in [-0.1, -0.05) is 6.07 Å². The molecule has 5 heteroatoms. The summed E-state index contributed by atoms with van der Waals surface area (Å²) in [6.07, 6.45) is 1.70. The first-order valence-electron chi connectivity index (χ1n) is 6.06. The van der Waals surface area contributed by atoms with Crippen LogP contribution >= 0.6 is 0 Å². The minimum atomic E-state index is -0.197. The van der Waals surface area contributed by atoms with Gasteiger partial charge in [-0.15, -0.1) is 0 Å². The number of nitrogens with two attached hydrogens (primary N) is 1. The summed E-state index contributed by atoms with van der Waals surface area (Å²) in [5.74, 6) is 0.863. The van der Waals surface area contributed by atoms with E-state index in [1.165, 1.54) is 0 Å². The van der Waals surface area contributed by atoms with E-state index in [2.05, 4.69) is 10.6 Å². The highest BCUT2D eigenvalue weighted by atomic mass is 16.5. The second kappa shape index (κ2) is 4.34. The number of hydrogen-bond acceptors (Lipinski definition) is 4. The monoisotopic (exact) mass is 245 g/mol. The minimum absolute atomic E-state index is 0.197. The first kappa shape index (κ1) is 11.1. The van der Waals surface area contributed by atoms with E-state index in [4.69, 9.17) is 10.5 Å². The molecular weight excluding hydrogens is 230 g/mol. The van der Waals surface area contributed by atoms with Gasteiger partial charge >= 0.3 is 0 Å². The Hall–Kier alpha value is -2.01. The third-order valence-corrected chi connectivity index (χ3v) is 3.24. The van der Waals surface area contributed by atoms with E-state index in [-0.39, 0.29) is 5.91 Å². The molecule has 0 unspecified atom stereocenters. The van der Waals surface area contributed by atoms with Crippen LogP contribution in [0.4, 0.5) is 11.4 Å². The molecule has 0 aromatic heterocycles. The van der Waals surface area contributed by atoms with Gasteiger partial charge < -0.3 is 21.1 Å². The fourth-order valence-corrected chi connectivity index (χ4v) is 2.28. The summed E-state index contributed by atoms with van der Waals surface area (Å²) in [5, 5.41) is 6.06. The van der Waals surface area contributed by atoms with Crippen LogP contribution in [0.3, 0.4) is 0 Å². The van der Waals surface area contributed by atoms with Gasteiger partial charge in [-0.2, -0.15) is 0 Å². The summed E-state index contributed by atoms with van der Waals surface area (Å²) in [6.45, 7) is 1.78. The Morgan fingerprint density at radius 2 is 2.00 bits per heavy atom. The highest BCUT2D eigenvalue weighted by Gasteiger charge is 2.27. The zero-order valence-corrected chi connectivity index (χ0v) is 9.95. The van der Waals surface area contributed by atoms with Gasteiger partial charge in [-0.3, -0.25) is 4.79 Å². The van der Waals surface area contributed by atoms with Crippen molar-refractivity contribution in [2.75, 3.05) is 24.1 Å². The molecule has 0 radical (unpaired) electrons. The molecule has 0 atom stereocenters. The highest BCUT2D eigenvalue weighted by Crippen LogP contribution is 2.36. The average molecular weight is 245 g/mol. The quantitative estimate of drug-likeness (QED) is 0.475. The number of benzene rings is 1. The lowest BCUT2D eigenvalue weighted by atomic mass is 10.0. The molecule has 4 N–H and O–H groups in total. The van der Waals surface area contributed by atoms with E-state index in [1.807, 2.05) is 12.1 Å². The van der Waals surface area contributed by atoms with Crippen LogP contribution in [-0.2, 0) is 4.79 Å². The van der Waals surface area contributed by atoms with Gasteiger partial charge in [-0.05, 0) is 43.6 Å². The molecule has 2 aliphatic heterocycles. The molecule has 2 heterocycles. The molecule has 5 nitrogen and oxygen atoms in total. The molecule has 0 bridgehead atoms. The summed E-state index contributed by atoms with van der Waals surface area (Å²) in [5.41, 5.74) is 7.97. The lowest BCUT2D eigenvalue weighted by molar-refractivity contribution is -0.115. The molecule has 2 aliphatic rings. The number of rotatable bonds is 0. The van der Waals surface area contributed by atoms with Gasteiger partial charge in [-0.25, -0.2) is 0 Å². The third-order valence-electron chi connectivity index (χ3n) is 3.24. The first-order valence-corrected chi connectivity index (χ1v) is 6.06. The van der Waals surface area contributed by atoms with Gasteiger partial charge in [0.25, 0.3) is 5.91 Å². The van der Waals surface area contributed by atoms with E-state index >= 15 is 0 Å². The maximum Gasteiger partial charge on any atom is 0.291 e. The molecule has 94 valence electrons. The van der Waals surface area contributed by atoms with Gasteiger partial charge in [0.2, 0.25) is 0 Å². The number of fused-ring (bicyclic) bond motifs is 1. The predicted molar refractivity (Wildman–Crippen MR) is 69.2 cm³/mol. The number of piperidine rings is 1. The number of amides is 1. The Kier molecular flexibility index (Phi) is 2.68. The summed E-state index contributed by atoms with van der Waals surface area (Å²) < 4.78 is 5.72. The Morgan fingerprint density at radius 3 is 2.78 bits per heavy atom. The number of nitrogen functional groups attached to an aromatic ring is 1. The number of anilines is 2. The van der Waals surface area contributed by atoms with E-state index in [0.717, 1.165) is 31.5 Å². The standard InChI is InChI=1S/C13H15N3O2/c14-9-2-1-3-10-11(9)16-13(17)12(18-10)8-4-6-15-7-5-8/h1-3,15H,4-7,14H2,(H,16,17). The second-order valence-electron chi connectivity index (χ2n) is 4.46.